The molecule has 4 nitrogen and oxygen atoms in total. The number of ether oxygens (including phenoxy) is 1. The Labute approximate surface area is 116 Å². The molecule has 2 rings (SSSR count). The summed E-state index contributed by atoms with van der Waals surface area (Å²) in [4.78, 5) is 5.16. The van der Waals surface area contributed by atoms with Crippen molar-refractivity contribution < 1.29 is 4.74 Å². The number of nitrogens with one attached hydrogen (secondary N) is 1. The van der Waals surface area contributed by atoms with Gasteiger partial charge in [0.15, 0.2) is 0 Å². The third-order valence-electron chi connectivity index (χ3n) is 2.44. The van der Waals surface area contributed by atoms with E-state index in [4.69, 9.17) is 15.9 Å². The maximum Gasteiger partial charge on any atom is 0.122 e. The van der Waals surface area contributed by atoms with Crippen molar-refractivity contribution in [2.75, 3.05) is 12.4 Å². The van der Waals surface area contributed by atoms with Crippen LogP contribution in [0, 0.1) is 5.41 Å². The number of hydrogen-bond acceptors (Lipinski definition) is 4. The summed E-state index contributed by atoms with van der Waals surface area (Å²) >= 11 is 1.73. The summed E-state index contributed by atoms with van der Waals surface area (Å²) in [5.74, 6) is 1.73. The summed E-state index contributed by atoms with van der Waals surface area (Å²) in [6.07, 6.45) is 3.56. The summed E-state index contributed by atoms with van der Waals surface area (Å²) in [6, 6.07) is 11.2. The van der Waals surface area contributed by atoms with Crippen molar-refractivity contribution >= 4 is 17.6 Å². The van der Waals surface area contributed by atoms with E-state index >= 15 is 0 Å². The highest BCUT2D eigenvalue weighted by Crippen LogP contribution is 2.17. The first-order valence-electron chi connectivity index (χ1n) is 5.86. The van der Waals surface area contributed by atoms with Gasteiger partial charge in [-0.2, -0.15) is 0 Å². The number of nitrogens with zero attached hydrogens (tertiary/aromatic N) is 1. The highest BCUT2D eigenvalue weighted by atomic mass is 32.2. The molecule has 0 radical (unpaired) electrons. The summed E-state index contributed by atoms with van der Waals surface area (Å²) in [5.41, 5.74) is 6.09. The fourth-order valence-corrected chi connectivity index (χ4v) is 2.20. The van der Waals surface area contributed by atoms with Crippen LogP contribution in [0.1, 0.15) is 5.56 Å². The molecule has 98 valence electrons. The van der Waals surface area contributed by atoms with Gasteiger partial charge in [-0.15, -0.1) is 11.8 Å². The van der Waals surface area contributed by atoms with Crippen LogP contribution in [0.5, 0.6) is 5.75 Å². The summed E-state index contributed by atoms with van der Waals surface area (Å²) in [6.45, 7) is 0.631. The zero-order valence-electron chi connectivity index (χ0n) is 10.4. The predicted molar refractivity (Wildman–Crippen MR) is 77.9 cm³/mol. The normalized spacial score (nSPS) is 10.1. The lowest BCUT2D eigenvalue weighted by atomic mass is 10.2. The highest BCUT2D eigenvalue weighted by Gasteiger charge is 1.98. The molecule has 3 N–H and O–H groups in total. The van der Waals surface area contributed by atoms with E-state index in [2.05, 4.69) is 4.98 Å². The third kappa shape index (κ3) is 4.30. The van der Waals surface area contributed by atoms with Gasteiger partial charge in [-0.1, -0.05) is 0 Å². The fraction of sp³-hybridized carbons (Fsp3) is 0.143. The van der Waals surface area contributed by atoms with Gasteiger partial charge in [-0.05, 0) is 36.4 Å². The zero-order chi connectivity index (χ0) is 13.5. The quantitative estimate of drug-likeness (QED) is 0.367. The van der Waals surface area contributed by atoms with Crippen molar-refractivity contribution in [2.45, 2.75) is 4.90 Å². The molecule has 0 aliphatic carbocycles. The Morgan fingerprint density at radius 2 is 1.84 bits per heavy atom. The Morgan fingerprint density at radius 3 is 2.47 bits per heavy atom. The third-order valence-corrected chi connectivity index (χ3v) is 3.41. The van der Waals surface area contributed by atoms with Gasteiger partial charge in [0, 0.05) is 28.6 Å². The minimum atomic E-state index is 0.0693. The molecule has 0 aliphatic heterocycles. The van der Waals surface area contributed by atoms with Crippen LogP contribution >= 0.6 is 11.8 Å². The van der Waals surface area contributed by atoms with E-state index in [1.165, 1.54) is 4.90 Å². The average Bonchev–Trinajstić information content (AvgIpc) is 2.45. The highest BCUT2D eigenvalue weighted by molar-refractivity contribution is 7.99. The maximum atomic E-state index is 7.30. The van der Waals surface area contributed by atoms with E-state index in [-0.39, 0.29) is 5.84 Å². The number of amidine groups is 1. The van der Waals surface area contributed by atoms with Crippen molar-refractivity contribution in [2.24, 2.45) is 5.73 Å². The number of aromatic nitrogens is 1. The minimum absolute atomic E-state index is 0.0693. The number of thioether (sulfide) groups is 1. The van der Waals surface area contributed by atoms with Crippen molar-refractivity contribution in [3.05, 3.63) is 54.4 Å². The molecule has 2 aromatic rings. The van der Waals surface area contributed by atoms with Crippen LogP contribution < -0.4 is 10.5 Å². The number of nitrogens with two attached hydrogens (primary N) is 1. The van der Waals surface area contributed by atoms with Crippen molar-refractivity contribution in [1.29, 1.82) is 5.41 Å². The number of hydrogen-bond donors (Lipinski definition) is 2. The van der Waals surface area contributed by atoms with Gasteiger partial charge in [-0.25, -0.2) is 0 Å². The molecule has 0 saturated heterocycles. The molecule has 0 amide bonds. The summed E-state index contributed by atoms with van der Waals surface area (Å²) in [5, 5.41) is 7.30. The number of rotatable bonds is 6. The van der Waals surface area contributed by atoms with E-state index in [9.17, 15) is 0 Å². The molecule has 1 aromatic heterocycles. The second kappa shape index (κ2) is 6.80. The lowest BCUT2D eigenvalue weighted by molar-refractivity contribution is 0.344. The van der Waals surface area contributed by atoms with Gasteiger partial charge in [0.05, 0.1) is 6.61 Å². The molecule has 0 unspecified atom stereocenters. The number of pyridine rings is 1. The van der Waals surface area contributed by atoms with Gasteiger partial charge in [0.25, 0.3) is 0 Å². The van der Waals surface area contributed by atoms with Crippen LogP contribution in [-0.2, 0) is 0 Å². The second-order valence-corrected chi connectivity index (χ2v) is 4.99. The smallest absolute Gasteiger partial charge is 0.122 e. The molecule has 1 aromatic carbocycles. The first kappa shape index (κ1) is 13.4. The summed E-state index contributed by atoms with van der Waals surface area (Å²) < 4.78 is 5.61. The van der Waals surface area contributed by atoms with Gasteiger partial charge in [0.2, 0.25) is 0 Å². The Kier molecular flexibility index (Phi) is 4.80. The van der Waals surface area contributed by atoms with Crippen molar-refractivity contribution in [1.82, 2.24) is 4.98 Å². The molecule has 5 heteroatoms. The SMILES string of the molecule is N=C(N)c1ccc(OCCSc2ccncc2)cc1. The molecule has 0 bridgehead atoms. The monoisotopic (exact) mass is 273 g/mol. The summed E-state index contributed by atoms with van der Waals surface area (Å²) in [7, 11) is 0. The molecule has 0 aliphatic rings. The van der Waals surface area contributed by atoms with E-state index in [0.29, 0.717) is 12.2 Å². The van der Waals surface area contributed by atoms with E-state index in [1.54, 1.807) is 36.3 Å². The lowest BCUT2D eigenvalue weighted by Gasteiger charge is -2.06. The molecular weight excluding hydrogens is 258 g/mol. The predicted octanol–water partition coefficient (Wildman–Crippen LogP) is 2.54. The van der Waals surface area contributed by atoms with E-state index < -0.39 is 0 Å². The number of nitrogen functional groups attached to an aromatic ring is 1. The van der Waals surface area contributed by atoms with Gasteiger partial charge >= 0.3 is 0 Å². The minimum Gasteiger partial charge on any atom is -0.493 e. The Bertz CT molecular complexity index is 528. The van der Waals surface area contributed by atoms with E-state index in [0.717, 1.165) is 11.5 Å². The van der Waals surface area contributed by atoms with Crippen LogP contribution in [0.15, 0.2) is 53.7 Å². The van der Waals surface area contributed by atoms with Crippen LogP contribution in [-0.4, -0.2) is 23.2 Å². The van der Waals surface area contributed by atoms with Crippen LogP contribution in [0.4, 0.5) is 0 Å². The molecular formula is C14H15N3OS. The van der Waals surface area contributed by atoms with E-state index in [1.807, 2.05) is 24.3 Å². The van der Waals surface area contributed by atoms with Crippen LogP contribution in [0.3, 0.4) is 0 Å². The average molecular weight is 273 g/mol. The topological polar surface area (TPSA) is 72.0 Å². The standard InChI is InChI=1S/C14H15N3OS/c15-14(16)11-1-3-12(4-2-11)18-9-10-19-13-5-7-17-8-6-13/h1-8H,9-10H2,(H3,15,16). The molecule has 0 spiro atoms. The molecule has 0 saturated carbocycles. The molecule has 0 fully saturated rings. The van der Waals surface area contributed by atoms with Gasteiger partial charge in [0.1, 0.15) is 11.6 Å². The Morgan fingerprint density at radius 1 is 1.16 bits per heavy atom. The van der Waals surface area contributed by atoms with Crippen LogP contribution in [0.2, 0.25) is 0 Å². The van der Waals surface area contributed by atoms with Crippen molar-refractivity contribution in [3.63, 3.8) is 0 Å². The second-order valence-electron chi connectivity index (χ2n) is 3.82. The van der Waals surface area contributed by atoms with Crippen LogP contribution in [0.25, 0.3) is 0 Å². The van der Waals surface area contributed by atoms with Gasteiger partial charge < -0.3 is 10.5 Å². The molecule has 19 heavy (non-hydrogen) atoms. The zero-order valence-corrected chi connectivity index (χ0v) is 11.2. The first-order valence-corrected chi connectivity index (χ1v) is 6.84. The largest absolute Gasteiger partial charge is 0.493 e. The first-order chi connectivity index (χ1) is 9.25. The van der Waals surface area contributed by atoms with Gasteiger partial charge in [-0.3, -0.25) is 10.4 Å². The lowest BCUT2D eigenvalue weighted by Crippen LogP contribution is -2.10. The Balaban J connectivity index is 1.75. The fourth-order valence-electron chi connectivity index (χ4n) is 1.48. The molecule has 0 atom stereocenters. The molecule has 1 heterocycles. The van der Waals surface area contributed by atoms with Crippen molar-refractivity contribution in [3.8, 4) is 5.75 Å². The Hall–Kier alpha value is -2.01. The maximum absolute atomic E-state index is 7.30. The number of benzene rings is 1.